The third-order valence-electron chi connectivity index (χ3n) is 3.53. The lowest BCUT2D eigenvalue weighted by Gasteiger charge is -2.35. The second-order valence-electron chi connectivity index (χ2n) is 7.26. The summed E-state index contributed by atoms with van der Waals surface area (Å²) in [5, 5.41) is 14.4. The zero-order valence-corrected chi connectivity index (χ0v) is 15.4. The van der Waals surface area contributed by atoms with Gasteiger partial charge in [-0.2, -0.15) is 26.3 Å². The van der Waals surface area contributed by atoms with Gasteiger partial charge in [0.1, 0.15) is 11.3 Å². The Morgan fingerprint density at radius 3 is 2.14 bits per heavy atom. The fraction of sp³-hybridized carbons (Fsp3) is 0.800. The molecule has 2 atom stereocenters. The maximum Gasteiger partial charge on any atom is 0.430 e. The number of alkyl halides is 6. The van der Waals surface area contributed by atoms with Crippen LogP contribution in [0.2, 0.25) is 0 Å². The zero-order chi connectivity index (χ0) is 22.1. The second-order valence-corrected chi connectivity index (χ2v) is 7.26. The molecular weight excluding hydrogens is 402 g/mol. The minimum atomic E-state index is -6.11. The van der Waals surface area contributed by atoms with Gasteiger partial charge in [-0.1, -0.05) is 5.16 Å². The molecule has 0 radical (unpaired) electrons. The van der Waals surface area contributed by atoms with Crippen LogP contribution in [0.3, 0.4) is 0 Å². The van der Waals surface area contributed by atoms with E-state index in [0.29, 0.717) is 0 Å². The molecule has 1 aliphatic rings. The second kappa shape index (κ2) is 7.76. The summed E-state index contributed by atoms with van der Waals surface area (Å²) < 4.78 is 81.9. The van der Waals surface area contributed by atoms with Gasteiger partial charge in [0.05, 0.1) is 6.42 Å². The molecule has 0 fully saturated rings. The zero-order valence-electron chi connectivity index (χ0n) is 15.4. The van der Waals surface area contributed by atoms with Gasteiger partial charge in [0, 0.05) is 12.5 Å². The van der Waals surface area contributed by atoms with Gasteiger partial charge in [-0.15, -0.1) is 0 Å². The number of aliphatic hydroxyl groups is 1. The molecule has 1 aliphatic heterocycles. The van der Waals surface area contributed by atoms with E-state index in [1.54, 1.807) is 20.8 Å². The molecule has 7 nitrogen and oxygen atoms in total. The van der Waals surface area contributed by atoms with Crippen molar-refractivity contribution in [2.45, 2.75) is 76.2 Å². The Kier molecular flexibility index (Phi) is 6.65. The van der Waals surface area contributed by atoms with Crippen molar-refractivity contribution in [1.29, 1.82) is 0 Å². The number of carbonyl (C=O) groups excluding carboxylic acids is 2. The molecule has 0 aromatic heterocycles. The molecule has 2 N–H and O–H groups in total. The van der Waals surface area contributed by atoms with Crippen LogP contribution in [0.15, 0.2) is 5.16 Å². The standard InChI is InChI=1S/C15H20F6N2O5/c1-7(5-10(24)27-12(2,3)4)22-11(25)8-6-9(28-23-8)13(26,14(16,17)18)15(19,20)21/h7,9,26H,5-6H2,1-4H3,(H,22,25)/t7-,9+/m1/s1. The van der Waals surface area contributed by atoms with Crippen LogP contribution in [0.5, 0.6) is 0 Å². The molecule has 1 heterocycles. The Morgan fingerprint density at radius 1 is 1.21 bits per heavy atom. The molecule has 162 valence electrons. The molecule has 0 aliphatic carbocycles. The Hall–Kier alpha value is -2.05. The number of hydrogen-bond acceptors (Lipinski definition) is 6. The molecule has 0 aromatic rings. The molecule has 0 unspecified atom stereocenters. The van der Waals surface area contributed by atoms with Crippen molar-refractivity contribution in [3.8, 4) is 0 Å². The highest BCUT2D eigenvalue weighted by atomic mass is 19.4. The summed E-state index contributed by atoms with van der Waals surface area (Å²) in [6.07, 6.45) is -16.6. The Bertz CT molecular complexity index is 624. The largest absolute Gasteiger partial charge is 0.460 e. The Labute approximate surface area is 156 Å². The first-order chi connectivity index (χ1) is 12.4. The predicted octanol–water partition coefficient (Wildman–Crippen LogP) is 2.22. The van der Waals surface area contributed by atoms with Crippen molar-refractivity contribution >= 4 is 17.6 Å². The minimum absolute atomic E-state index is 0.296. The van der Waals surface area contributed by atoms with Crippen molar-refractivity contribution in [3.05, 3.63) is 0 Å². The monoisotopic (exact) mass is 422 g/mol. The molecule has 0 spiro atoms. The quantitative estimate of drug-likeness (QED) is 0.523. The fourth-order valence-electron chi connectivity index (χ4n) is 2.25. The van der Waals surface area contributed by atoms with Crippen LogP contribution in [-0.2, 0) is 19.2 Å². The number of ether oxygens (including phenoxy) is 1. The minimum Gasteiger partial charge on any atom is -0.460 e. The van der Waals surface area contributed by atoms with Crippen molar-refractivity contribution in [1.82, 2.24) is 5.32 Å². The van der Waals surface area contributed by atoms with Gasteiger partial charge in [0.15, 0.2) is 6.10 Å². The van der Waals surface area contributed by atoms with E-state index in [4.69, 9.17) is 4.74 Å². The number of hydrogen-bond donors (Lipinski definition) is 2. The highest BCUT2D eigenvalue weighted by Gasteiger charge is 2.76. The molecule has 0 saturated heterocycles. The first-order valence-corrected chi connectivity index (χ1v) is 7.99. The van der Waals surface area contributed by atoms with Crippen molar-refractivity contribution < 1.29 is 50.6 Å². The van der Waals surface area contributed by atoms with E-state index in [9.17, 15) is 41.0 Å². The van der Waals surface area contributed by atoms with Crippen LogP contribution >= 0.6 is 0 Å². The number of halogens is 6. The maximum absolute atomic E-state index is 12.8. The summed E-state index contributed by atoms with van der Waals surface area (Å²) in [6, 6.07) is -0.854. The number of esters is 1. The fourth-order valence-corrected chi connectivity index (χ4v) is 2.25. The Morgan fingerprint density at radius 2 is 1.71 bits per heavy atom. The van der Waals surface area contributed by atoms with Crippen molar-refractivity contribution in [2.24, 2.45) is 5.16 Å². The summed E-state index contributed by atoms with van der Waals surface area (Å²) in [6.45, 7) is 6.21. The lowest BCUT2D eigenvalue weighted by molar-refractivity contribution is -0.392. The van der Waals surface area contributed by atoms with Gasteiger partial charge in [0.25, 0.3) is 11.5 Å². The van der Waals surface area contributed by atoms with E-state index in [0.717, 1.165) is 0 Å². The van der Waals surface area contributed by atoms with Crippen LogP contribution in [0.25, 0.3) is 0 Å². The van der Waals surface area contributed by atoms with E-state index in [1.807, 2.05) is 0 Å². The van der Waals surface area contributed by atoms with E-state index in [1.165, 1.54) is 6.92 Å². The van der Waals surface area contributed by atoms with E-state index in [2.05, 4.69) is 15.3 Å². The molecule has 1 amide bonds. The molecule has 1 rings (SSSR count). The van der Waals surface area contributed by atoms with E-state index in [-0.39, 0.29) is 6.42 Å². The van der Waals surface area contributed by atoms with Crippen LogP contribution in [0.1, 0.15) is 40.5 Å². The molecule has 0 bridgehead atoms. The number of carbonyl (C=O) groups is 2. The SMILES string of the molecule is C[C@H](CC(=O)OC(C)(C)C)NC(=O)C1=NO[C@H](C(O)(C(F)(F)F)C(F)(F)F)C1. The Balaban J connectivity index is 2.75. The van der Waals surface area contributed by atoms with Crippen molar-refractivity contribution in [3.63, 3.8) is 0 Å². The number of rotatable bonds is 5. The maximum atomic E-state index is 12.8. The van der Waals surface area contributed by atoms with E-state index < -0.39 is 59.7 Å². The number of nitrogens with zero attached hydrogens (tertiary/aromatic N) is 1. The summed E-state index contributed by atoms with van der Waals surface area (Å²) >= 11 is 0. The van der Waals surface area contributed by atoms with Gasteiger partial charge in [-0.25, -0.2) is 0 Å². The van der Waals surface area contributed by atoms with Crippen molar-refractivity contribution in [2.75, 3.05) is 0 Å². The van der Waals surface area contributed by atoms with Crippen LogP contribution in [0, 0.1) is 0 Å². The topological polar surface area (TPSA) is 97.2 Å². The predicted molar refractivity (Wildman–Crippen MR) is 82.1 cm³/mol. The average Bonchev–Trinajstić information content (AvgIpc) is 2.91. The van der Waals surface area contributed by atoms with Gasteiger partial charge in [0.2, 0.25) is 0 Å². The van der Waals surface area contributed by atoms with Crippen LogP contribution in [-0.4, -0.2) is 58.4 Å². The molecule has 0 aromatic carbocycles. The van der Waals surface area contributed by atoms with Gasteiger partial charge >= 0.3 is 18.3 Å². The summed E-state index contributed by atoms with van der Waals surface area (Å²) in [5.41, 5.74) is -6.77. The molecule has 13 heteroatoms. The summed E-state index contributed by atoms with van der Waals surface area (Å²) in [4.78, 5) is 27.7. The number of amides is 1. The summed E-state index contributed by atoms with van der Waals surface area (Å²) in [5.74, 6) is -1.81. The molecule has 28 heavy (non-hydrogen) atoms. The highest BCUT2D eigenvalue weighted by molar-refractivity contribution is 6.39. The third kappa shape index (κ3) is 5.49. The number of nitrogens with one attached hydrogen (secondary N) is 1. The average molecular weight is 422 g/mol. The van der Waals surface area contributed by atoms with Gasteiger partial charge in [-0.3, -0.25) is 9.59 Å². The molecule has 0 saturated carbocycles. The highest BCUT2D eigenvalue weighted by Crippen LogP contribution is 2.48. The van der Waals surface area contributed by atoms with Gasteiger partial charge < -0.3 is 20.0 Å². The first-order valence-electron chi connectivity index (χ1n) is 7.99. The summed E-state index contributed by atoms with van der Waals surface area (Å²) in [7, 11) is 0. The normalized spacial score (nSPS) is 19.5. The smallest absolute Gasteiger partial charge is 0.430 e. The molecular formula is C15H20F6N2O5. The van der Waals surface area contributed by atoms with Crippen LogP contribution < -0.4 is 5.32 Å². The lowest BCUT2D eigenvalue weighted by atomic mass is 9.91. The first kappa shape index (κ1) is 24.0. The third-order valence-corrected chi connectivity index (χ3v) is 3.53. The van der Waals surface area contributed by atoms with Gasteiger partial charge in [-0.05, 0) is 27.7 Å². The van der Waals surface area contributed by atoms with Crippen LogP contribution in [0.4, 0.5) is 26.3 Å². The lowest BCUT2D eigenvalue weighted by Crippen LogP contribution is -2.64. The number of oxime groups is 1. The van der Waals surface area contributed by atoms with E-state index >= 15 is 0 Å².